The lowest BCUT2D eigenvalue weighted by Gasteiger charge is -2.09. The number of thiocarbonyl (C=S) groups is 1. The van der Waals surface area contributed by atoms with Crippen LogP contribution in [0.1, 0.15) is 11.1 Å². The highest BCUT2D eigenvalue weighted by Crippen LogP contribution is 2.13. The van der Waals surface area contributed by atoms with Gasteiger partial charge in [-0.15, -0.1) is 0 Å². The van der Waals surface area contributed by atoms with Crippen LogP contribution < -0.4 is 10.6 Å². The molecule has 4 nitrogen and oxygen atoms in total. The number of fused-ring (bicyclic) bond motifs is 1. The third-order valence-corrected chi connectivity index (χ3v) is 3.81. The maximum absolute atomic E-state index is 5.31. The first-order valence-electron chi connectivity index (χ1n) is 7.26. The van der Waals surface area contributed by atoms with Gasteiger partial charge in [0.05, 0.1) is 11.0 Å². The van der Waals surface area contributed by atoms with E-state index in [1.54, 1.807) is 0 Å². The molecule has 0 saturated heterocycles. The highest BCUT2D eigenvalue weighted by atomic mass is 32.1. The van der Waals surface area contributed by atoms with Crippen molar-refractivity contribution in [3.05, 3.63) is 59.7 Å². The Morgan fingerprint density at radius 3 is 2.73 bits per heavy atom. The van der Waals surface area contributed by atoms with Crippen molar-refractivity contribution in [3.8, 4) is 0 Å². The zero-order valence-electron chi connectivity index (χ0n) is 12.4. The van der Waals surface area contributed by atoms with Crippen molar-refractivity contribution < 1.29 is 0 Å². The van der Waals surface area contributed by atoms with Gasteiger partial charge in [-0.1, -0.05) is 36.4 Å². The third kappa shape index (κ3) is 3.43. The lowest BCUT2D eigenvalue weighted by atomic mass is 10.1. The van der Waals surface area contributed by atoms with Gasteiger partial charge in [0.2, 0.25) is 5.95 Å². The van der Waals surface area contributed by atoms with E-state index in [0.717, 1.165) is 24.0 Å². The van der Waals surface area contributed by atoms with E-state index in [1.165, 1.54) is 11.1 Å². The molecule has 0 fully saturated rings. The van der Waals surface area contributed by atoms with Gasteiger partial charge < -0.3 is 15.6 Å². The van der Waals surface area contributed by atoms with Gasteiger partial charge in [-0.3, -0.25) is 0 Å². The Hall–Kier alpha value is -2.40. The van der Waals surface area contributed by atoms with Crippen molar-refractivity contribution in [2.24, 2.45) is 0 Å². The number of H-pyrrole nitrogens is 1. The lowest BCUT2D eigenvalue weighted by molar-refractivity contribution is 0.867. The van der Waals surface area contributed by atoms with Gasteiger partial charge in [-0.2, -0.15) is 0 Å². The largest absolute Gasteiger partial charge is 0.362 e. The van der Waals surface area contributed by atoms with Crippen molar-refractivity contribution in [3.63, 3.8) is 0 Å². The summed E-state index contributed by atoms with van der Waals surface area (Å²) in [5, 5.41) is 6.87. The van der Waals surface area contributed by atoms with Crippen LogP contribution in [-0.2, 0) is 6.42 Å². The van der Waals surface area contributed by atoms with Crippen LogP contribution in [0, 0.1) is 6.92 Å². The molecule has 0 saturated carbocycles. The topological polar surface area (TPSA) is 52.7 Å². The number of anilines is 1. The van der Waals surface area contributed by atoms with Crippen LogP contribution in [0.3, 0.4) is 0 Å². The van der Waals surface area contributed by atoms with Gasteiger partial charge in [-0.05, 0) is 48.8 Å². The predicted octanol–water partition coefficient (Wildman–Crippen LogP) is 3.40. The summed E-state index contributed by atoms with van der Waals surface area (Å²) in [5.74, 6) is 0.662. The fraction of sp³-hybridized carbons (Fsp3) is 0.176. The van der Waals surface area contributed by atoms with Crippen LogP contribution in [0.25, 0.3) is 11.0 Å². The molecule has 0 amide bonds. The van der Waals surface area contributed by atoms with Gasteiger partial charge in [0.25, 0.3) is 0 Å². The van der Waals surface area contributed by atoms with Gasteiger partial charge >= 0.3 is 0 Å². The van der Waals surface area contributed by atoms with Gasteiger partial charge in [0, 0.05) is 6.54 Å². The summed E-state index contributed by atoms with van der Waals surface area (Å²) < 4.78 is 0. The van der Waals surface area contributed by atoms with Crippen LogP contribution in [0.4, 0.5) is 5.95 Å². The Labute approximate surface area is 135 Å². The monoisotopic (exact) mass is 310 g/mol. The SMILES string of the molecule is Cc1ccccc1CCNC(=S)Nc1nc2ccccc2[nH]1. The van der Waals surface area contributed by atoms with E-state index in [1.807, 2.05) is 24.3 Å². The van der Waals surface area contributed by atoms with E-state index in [2.05, 4.69) is 51.8 Å². The highest BCUT2D eigenvalue weighted by Gasteiger charge is 2.04. The van der Waals surface area contributed by atoms with E-state index < -0.39 is 0 Å². The third-order valence-electron chi connectivity index (χ3n) is 3.56. The summed E-state index contributed by atoms with van der Waals surface area (Å²) in [7, 11) is 0. The number of nitrogens with zero attached hydrogens (tertiary/aromatic N) is 1. The molecule has 1 aromatic heterocycles. The number of imidazole rings is 1. The summed E-state index contributed by atoms with van der Waals surface area (Å²) in [6.45, 7) is 2.91. The Bertz CT molecular complexity index is 761. The van der Waals surface area contributed by atoms with Crippen molar-refractivity contribution in [1.29, 1.82) is 0 Å². The first-order chi connectivity index (χ1) is 10.7. The Balaban J connectivity index is 1.53. The van der Waals surface area contributed by atoms with E-state index in [-0.39, 0.29) is 0 Å². The molecule has 2 aromatic carbocycles. The van der Waals surface area contributed by atoms with Gasteiger partial charge in [-0.25, -0.2) is 4.98 Å². The van der Waals surface area contributed by atoms with Gasteiger partial charge in [0.1, 0.15) is 0 Å². The molecule has 0 bridgehead atoms. The lowest BCUT2D eigenvalue weighted by Crippen LogP contribution is -2.30. The van der Waals surface area contributed by atoms with E-state index in [0.29, 0.717) is 11.1 Å². The number of benzene rings is 2. The Kier molecular flexibility index (Phi) is 4.34. The standard InChI is InChI=1S/C17H18N4S/c1-12-6-2-3-7-13(12)10-11-18-17(22)21-16-19-14-8-4-5-9-15(14)20-16/h2-9H,10-11H2,1H3,(H3,18,19,20,21,22). The second kappa shape index (κ2) is 6.58. The molecule has 22 heavy (non-hydrogen) atoms. The zero-order valence-corrected chi connectivity index (χ0v) is 13.2. The molecule has 3 aromatic rings. The molecule has 0 aliphatic carbocycles. The van der Waals surface area contributed by atoms with E-state index >= 15 is 0 Å². The molecular formula is C17H18N4S. The summed E-state index contributed by atoms with van der Waals surface area (Å²) in [5.41, 5.74) is 4.56. The molecule has 0 aliphatic rings. The molecule has 0 aliphatic heterocycles. The Morgan fingerprint density at radius 1 is 1.14 bits per heavy atom. The predicted molar refractivity (Wildman–Crippen MR) is 95.2 cm³/mol. The smallest absolute Gasteiger partial charge is 0.207 e. The average Bonchev–Trinajstić information content (AvgIpc) is 2.91. The van der Waals surface area contributed by atoms with E-state index in [9.17, 15) is 0 Å². The normalized spacial score (nSPS) is 10.6. The van der Waals surface area contributed by atoms with Gasteiger partial charge in [0.15, 0.2) is 5.11 Å². The minimum atomic E-state index is 0.577. The van der Waals surface area contributed by atoms with Crippen molar-refractivity contribution in [2.45, 2.75) is 13.3 Å². The molecule has 112 valence electrons. The van der Waals surface area contributed by atoms with Crippen molar-refractivity contribution in [1.82, 2.24) is 15.3 Å². The molecule has 0 spiro atoms. The molecule has 0 unspecified atom stereocenters. The first-order valence-corrected chi connectivity index (χ1v) is 7.67. The average molecular weight is 310 g/mol. The number of hydrogen-bond acceptors (Lipinski definition) is 2. The minimum absolute atomic E-state index is 0.577. The first kappa shape index (κ1) is 14.5. The number of nitrogens with one attached hydrogen (secondary N) is 3. The summed E-state index contributed by atoms with van der Waals surface area (Å²) >= 11 is 5.31. The molecule has 5 heteroatoms. The van der Waals surface area contributed by atoms with Crippen LogP contribution in [-0.4, -0.2) is 21.6 Å². The molecular weight excluding hydrogens is 292 g/mol. The number of aryl methyl sites for hydroxylation is 1. The second-order valence-electron chi connectivity index (χ2n) is 5.16. The maximum atomic E-state index is 5.31. The van der Waals surface area contributed by atoms with Crippen LogP contribution in [0.15, 0.2) is 48.5 Å². The van der Waals surface area contributed by atoms with Crippen molar-refractivity contribution >= 4 is 34.3 Å². The maximum Gasteiger partial charge on any atom is 0.207 e. The zero-order chi connectivity index (χ0) is 15.4. The summed E-state index contributed by atoms with van der Waals surface area (Å²) in [6, 6.07) is 16.3. The highest BCUT2D eigenvalue weighted by molar-refractivity contribution is 7.80. The molecule has 3 rings (SSSR count). The quantitative estimate of drug-likeness (QED) is 0.647. The summed E-state index contributed by atoms with van der Waals surface area (Å²) in [4.78, 5) is 7.63. The number of para-hydroxylation sites is 2. The van der Waals surface area contributed by atoms with Crippen LogP contribution in [0.5, 0.6) is 0 Å². The Morgan fingerprint density at radius 2 is 1.91 bits per heavy atom. The number of hydrogen-bond donors (Lipinski definition) is 3. The number of aromatic amines is 1. The molecule has 3 N–H and O–H groups in total. The minimum Gasteiger partial charge on any atom is -0.362 e. The fourth-order valence-corrected chi connectivity index (χ4v) is 2.56. The van der Waals surface area contributed by atoms with Crippen molar-refractivity contribution in [2.75, 3.05) is 11.9 Å². The molecule has 1 heterocycles. The summed E-state index contributed by atoms with van der Waals surface area (Å²) in [6.07, 6.45) is 0.939. The second-order valence-corrected chi connectivity index (χ2v) is 5.57. The fourth-order valence-electron chi connectivity index (χ4n) is 2.37. The van der Waals surface area contributed by atoms with Crippen LogP contribution >= 0.6 is 12.2 Å². The van der Waals surface area contributed by atoms with E-state index in [4.69, 9.17) is 12.2 Å². The number of rotatable bonds is 4. The molecule has 0 atom stereocenters. The number of aromatic nitrogens is 2. The molecule has 0 radical (unpaired) electrons. The van der Waals surface area contributed by atoms with Crippen LogP contribution in [0.2, 0.25) is 0 Å².